The van der Waals surface area contributed by atoms with Crippen LogP contribution in [0.5, 0.6) is 0 Å². The van der Waals surface area contributed by atoms with Gasteiger partial charge in [0.15, 0.2) is 5.76 Å². The Labute approximate surface area is 281 Å². The highest BCUT2D eigenvalue weighted by molar-refractivity contribution is 6.03. The molecule has 0 amide bonds. The van der Waals surface area contributed by atoms with E-state index in [-0.39, 0.29) is 6.04 Å². The van der Waals surface area contributed by atoms with Gasteiger partial charge in [0.05, 0.1) is 23.6 Å². The van der Waals surface area contributed by atoms with Crippen molar-refractivity contribution in [3.63, 3.8) is 0 Å². The SMILES string of the molecule is C(=Cc1cccc(-c2ncc(-c3ccccc3)o2)c1)c1ccc(N2N=C(c3ccc(-c4ccccc4)cc3)CC2c2ccccc2)cc1. The topological polar surface area (TPSA) is 41.6 Å². The molecule has 0 aliphatic carbocycles. The molecular formula is C44H33N3O. The molecule has 1 atom stereocenters. The van der Waals surface area contributed by atoms with Gasteiger partial charge in [-0.2, -0.15) is 5.10 Å². The Balaban J connectivity index is 1.01. The average molecular weight is 620 g/mol. The first-order valence-electron chi connectivity index (χ1n) is 16.2. The normalized spacial score (nSPS) is 14.4. The molecule has 0 bridgehead atoms. The number of hydrogen-bond acceptors (Lipinski definition) is 4. The van der Waals surface area contributed by atoms with E-state index in [9.17, 15) is 0 Å². The molecular weight excluding hydrogens is 587 g/mol. The second-order valence-corrected chi connectivity index (χ2v) is 11.9. The maximum atomic E-state index is 6.08. The molecule has 1 aromatic heterocycles. The quantitative estimate of drug-likeness (QED) is 0.159. The fourth-order valence-electron chi connectivity index (χ4n) is 6.19. The summed E-state index contributed by atoms with van der Waals surface area (Å²) in [5.41, 5.74) is 11.1. The summed E-state index contributed by atoms with van der Waals surface area (Å²) in [6.45, 7) is 0. The molecule has 0 spiro atoms. The molecule has 0 saturated heterocycles. The van der Waals surface area contributed by atoms with Crippen LogP contribution in [0.1, 0.15) is 34.7 Å². The first kappa shape index (κ1) is 29.2. The fraction of sp³-hybridized carbons (Fsp3) is 0.0455. The first-order valence-corrected chi connectivity index (χ1v) is 16.2. The average Bonchev–Trinajstić information content (AvgIpc) is 3.85. The summed E-state index contributed by atoms with van der Waals surface area (Å²) in [6, 6.07) is 57.0. The van der Waals surface area contributed by atoms with E-state index in [0.29, 0.717) is 5.89 Å². The van der Waals surface area contributed by atoms with Crippen molar-refractivity contribution in [1.82, 2.24) is 4.98 Å². The van der Waals surface area contributed by atoms with Crippen LogP contribution in [0.25, 0.3) is 46.1 Å². The third kappa shape index (κ3) is 6.24. The van der Waals surface area contributed by atoms with E-state index in [1.165, 1.54) is 16.7 Å². The number of benzene rings is 6. The van der Waals surface area contributed by atoms with E-state index in [2.05, 4.69) is 137 Å². The molecule has 0 N–H and O–H groups in total. The molecule has 1 aliphatic rings. The maximum Gasteiger partial charge on any atom is 0.226 e. The minimum atomic E-state index is 0.122. The van der Waals surface area contributed by atoms with Crippen LogP contribution in [-0.2, 0) is 0 Å². The zero-order chi connectivity index (χ0) is 32.1. The van der Waals surface area contributed by atoms with E-state index in [0.717, 1.165) is 51.4 Å². The first-order chi connectivity index (χ1) is 23.8. The van der Waals surface area contributed by atoms with Gasteiger partial charge in [0.1, 0.15) is 0 Å². The van der Waals surface area contributed by atoms with Gasteiger partial charge in [0.25, 0.3) is 0 Å². The van der Waals surface area contributed by atoms with Gasteiger partial charge in [0.2, 0.25) is 5.89 Å². The summed E-state index contributed by atoms with van der Waals surface area (Å²) in [7, 11) is 0. The summed E-state index contributed by atoms with van der Waals surface area (Å²) in [5, 5.41) is 7.36. The highest BCUT2D eigenvalue weighted by atomic mass is 16.4. The number of anilines is 1. The molecule has 2 heterocycles. The highest BCUT2D eigenvalue weighted by Crippen LogP contribution is 2.37. The molecule has 48 heavy (non-hydrogen) atoms. The van der Waals surface area contributed by atoms with E-state index < -0.39 is 0 Å². The molecule has 4 nitrogen and oxygen atoms in total. The summed E-state index contributed by atoms with van der Waals surface area (Å²) in [4.78, 5) is 4.53. The lowest BCUT2D eigenvalue weighted by molar-refractivity contribution is 0.589. The minimum absolute atomic E-state index is 0.122. The van der Waals surface area contributed by atoms with Crippen LogP contribution in [-0.4, -0.2) is 10.7 Å². The third-order valence-corrected chi connectivity index (χ3v) is 8.74. The number of nitrogens with zero attached hydrogens (tertiary/aromatic N) is 3. The largest absolute Gasteiger partial charge is 0.436 e. The van der Waals surface area contributed by atoms with Crippen LogP contribution < -0.4 is 5.01 Å². The monoisotopic (exact) mass is 619 g/mol. The molecule has 4 heteroatoms. The minimum Gasteiger partial charge on any atom is -0.436 e. The summed E-state index contributed by atoms with van der Waals surface area (Å²) in [5.74, 6) is 1.37. The Kier molecular flexibility index (Phi) is 8.04. The molecule has 0 saturated carbocycles. The van der Waals surface area contributed by atoms with Crippen LogP contribution in [0.2, 0.25) is 0 Å². The predicted octanol–water partition coefficient (Wildman–Crippen LogP) is 11.2. The highest BCUT2D eigenvalue weighted by Gasteiger charge is 2.29. The molecule has 8 rings (SSSR count). The van der Waals surface area contributed by atoms with Crippen molar-refractivity contribution >= 4 is 23.6 Å². The summed E-state index contributed by atoms with van der Waals surface area (Å²) in [6.07, 6.45) is 6.88. The van der Waals surface area contributed by atoms with E-state index in [1.54, 1.807) is 6.20 Å². The smallest absolute Gasteiger partial charge is 0.226 e. The summed E-state index contributed by atoms with van der Waals surface area (Å²) >= 11 is 0. The molecule has 1 aliphatic heterocycles. The van der Waals surface area contributed by atoms with Gasteiger partial charge in [-0.1, -0.05) is 152 Å². The third-order valence-electron chi connectivity index (χ3n) is 8.74. The number of hydrogen-bond donors (Lipinski definition) is 0. The van der Waals surface area contributed by atoms with Crippen LogP contribution in [0, 0.1) is 0 Å². The fourth-order valence-corrected chi connectivity index (χ4v) is 6.19. The van der Waals surface area contributed by atoms with Gasteiger partial charge in [-0.15, -0.1) is 0 Å². The van der Waals surface area contributed by atoms with Gasteiger partial charge in [-0.25, -0.2) is 4.98 Å². The Morgan fingerprint density at radius 3 is 1.88 bits per heavy atom. The number of hydrazone groups is 1. The van der Waals surface area contributed by atoms with Gasteiger partial charge in [-0.05, 0) is 57.6 Å². The summed E-state index contributed by atoms with van der Waals surface area (Å²) < 4.78 is 6.08. The lowest BCUT2D eigenvalue weighted by Crippen LogP contribution is -2.18. The second-order valence-electron chi connectivity index (χ2n) is 11.9. The van der Waals surface area contributed by atoms with Gasteiger partial charge >= 0.3 is 0 Å². The van der Waals surface area contributed by atoms with Gasteiger partial charge in [-0.3, -0.25) is 5.01 Å². The lowest BCUT2D eigenvalue weighted by Gasteiger charge is -2.24. The molecule has 0 fully saturated rings. The predicted molar refractivity (Wildman–Crippen MR) is 197 cm³/mol. The zero-order valence-electron chi connectivity index (χ0n) is 26.4. The molecule has 0 radical (unpaired) electrons. The van der Waals surface area contributed by atoms with Gasteiger partial charge < -0.3 is 4.42 Å². The van der Waals surface area contributed by atoms with E-state index in [1.807, 2.05) is 48.5 Å². The Morgan fingerprint density at radius 1 is 0.542 bits per heavy atom. The number of rotatable bonds is 8. The Bertz CT molecular complexity index is 2180. The van der Waals surface area contributed by atoms with Crippen LogP contribution >= 0.6 is 0 Å². The van der Waals surface area contributed by atoms with Crippen molar-refractivity contribution in [2.24, 2.45) is 5.10 Å². The van der Waals surface area contributed by atoms with Crippen molar-refractivity contribution in [3.8, 4) is 33.9 Å². The van der Waals surface area contributed by atoms with Crippen LogP contribution in [0.15, 0.2) is 180 Å². The standard InChI is InChI=1S/C44H33N3O/c1-4-12-34(13-5-1)35-23-25-36(26-24-35)41-30-42(37-14-6-2-7-15-37)47(46-41)40-27-21-32(22-28-40)19-20-33-11-10-18-39(29-33)44-45-31-43(48-44)38-16-8-3-9-17-38/h1-29,31,42H,30H2. The van der Waals surface area contributed by atoms with Crippen molar-refractivity contribution in [3.05, 3.63) is 192 Å². The van der Waals surface area contributed by atoms with Crippen molar-refractivity contribution < 1.29 is 4.42 Å². The Morgan fingerprint density at radius 2 is 1.15 bits per heavy atom. The Hall–Kier alpha value is -6.26. The van der Waals surface area contributed by atoms with Crippen molar-refractivity contribution in [2.75, 3.05) is 5.01 Å². The molecule has 7 aromatic rings. The maximum absolute atomic E-state index is 6.08. The van der Waals surface area contributed by atoms with Crippen molar-refractivity contribution in [2.45, 2.75) is 12.5 Å². The van der Waals surface area contributed by atoms with Gasteiger partial charge in [0, 0.05) is 17.5 Å². The molecule has 1 unspecified atom stereocenters. The van der Waals surface area contributed by atoms with Crippen molar-refractivity contribution in [1.29, 1.82) is 0 Å². The molecule has 230 valence electrons. The second kappa shape index (κ2) is 13.2. The molecule has 6 aromatic carbocycles. The zero-order valence-corrected chi connectivity index (χ0v) is 26.4. The number of aromatic nitrogens is 1. The number of oxazole rings is 1. The van der Waals surface area contributed by atoms with E-state index >= 15 is 0 Å². The van der Waals surface area contributed by atoms with Crippen LogP contribution in [0.4, 0.5) is 5.69 Å². The lowest BCUT2D eigenvalue weighted by atomic mass is 9.96. The van der Waals surface area contributed by atoms with E-state index in [4.69, 9.17) is 9.52 Å². The van der Waals surface area contributed by atoms with Crippen LogP contribution in [0.3, 0.4) is 0 Å².